The van der Waals surface area contributed by atoms with Gasteiger partial charge in [-0.1, -0.05) is 109 Å². The van der Waals surface area contributed by atoms with Gasteiger partial charge in [0.25, 0.3) is 0 Å². The third kappa shape index (κ3) is 8.91. The van der Waals surface area contributed by atoms with Crippen molar-refractivity contribution in [3.05, 3.63) is 137 Å². The smallest absolute Gasteiger partial charge is 0.311 e. The van der Waals surface area contributed by atoms with Crippen LogP contribution in [0.25, 0.3) is 0 Å². The summed E-state index contributed by atoms with van der Waals surface area (Å²) in [4.78, 5) is 13.8. The number of sulfonamides is 1. The third-order valence-electron chi connectivity index (χ3n) is 8.23. The van der Waals surface area contributed by atoms with E-state index in [2.05, 4.69) is 0 Å². The molecule has 0 saturated heterocycles. The lowest BCUT2D eigenvalue weighted by Crippen LogP contribution is -2.44. The molecular weight excluding hydrogens is 598 g/mol. The zero-order valence-corrected chi connectivity index (χ0v) is 28.1. The number of ether oxygens (including phenoxy) is 2. The first-order valence-electron chi connectivity index (χ1n) is 15.7. The third-order valence-corrected chi connectivity index (χ3v) is 10.5. The van der Waals surface area contributed by atoms with Crippen LogP contribution in [-0.2, 0) is 37.4 Å². The molecule has 0 fully saturated rings. The maximum Gasteiger partial charge on any atom is 0.311 e. The second kappa shape index (κ2) is 16.1. The number of hydrogen-bond donors (Lipinski definition) is 1. The minimum absolute atomic E-state index is 0.0783. The monoisotopic (exact) mass is 643 g/mol. The van der Waals surface area contributed by atoms with Crippen molar-refractivity contribution < 1.29 is 27.8 Å². The topological polar surface area (TPSA) is 93.1 Å². The van der Waals surface area contributed by atoms with E-state index in [0.29, 0.717) is 23.3 Å². The number of hydrogen-bond acceptors (Lipinski definition) is 6. The van der Waals surface area contributed by atoms with Crippen LogP contribution in [0, 0.1) is 26.7 Å². The molecule has 0 unspecified atom stereocenters. The van der Waals surface area contributed by atoms with Crippen LogP contribution in [0.2, 0.25) is 0 Å². The summed E-state index contributed by atoms with van der Waals surface area (Å²) < 4.78 is 42.4. The fourth-order valence-corrected chi connectivity index (χ4v) is 7.78. The van der Waals surface area contributed by atoms with Crippen LogP contribution in [0.3, 0.4) is 0 Å². The largest absolute Gasteiger partial charge is 0.455 e. The summed E-state index contributed by atoms with van der Waals surface area (Å²) in [5, 5.41) is 10.9. The van der Waals surface area contributed by atoms with Crippen LogP contribution in [0.1, 0.15) is 59.8 Å². The molecule has 244 valence electrons. The number of rotatable bonds is 15. The molecule has 1 N–H and O–H groups in total. The van der Waals surface area contributed by atoms with Crippen molar-refractivity contribution in [2.45, 2.75) is 77.3 Å². The molecule has 4 aromatic rings. The van der Waals surface area contributed by atoms with E-state index in [1.165, 1.54) is 4.31 Å². The van der Waals surface area contributed by atoms with Crippen LogP contribution >= 0.6 is 0 Å². The molecular formula is C38H45NO6S. The molecule has 4 aromatic carbocycles. The van der Waals surface area contributed by atoms with Gasteiger partial charge in [-0.05, 0) is 68.9 Å². The zero-order chi connectivity index (χ0) is 33.3. The first-order valence-corrected chi connectivity index (χ1v) is 17.1. The van der Waals surface area contributed by atoms with Gasteiger partial charge in [-0.15, -0.1) is 0 Å². The molecule has 0 radical (unpaired) electrons. The van der Waals surface area contributed by atoms with Gasteiger partial charge in [-0.3, -0.25) is 4.79 Å². The molecule has 0 aliphatic carbocycles. The van der Waals surface area contributed by atoms with Crippen LogP contribution in [0.5, 0.6) is 0 Å². The van der Waals surface area contributed by atoms with Crippen LogP contribution in [0.15, 0.2) is 108 Å². The molecule has 0 spiro atoms. The second-order valence-corrected chi connectivity index (χ2v) is 13.8. The van der Waals surface area contributed by atoms with Gasteiger partial charge in [0, 0.05) is 13.2 Å². The van der Waals surface area contributed by atoms with E-state index in [9.17, 15) is 18.3 Å². The number of esters is 1. The molecule has 46 heavy (non-hydrogen) atoms. The Bertz CT molecular complexity index is 1640. The molecule has 8 heteroatoms. The number of benzene rings is 4. The molecule has 4 rings (SSSR count). The van der Waals surface area contributed by atoms with Crippen molar-refractivity contribution in [3.63, 3.8) is 0 Å². The highest BCUT2D eigenvalue weighted by atomic mass is 32.2. The Kier molecular flexibility index (Phi) is 12.3. The minimum Gasteiger partial charge on any atom is -0.455 e. The molecule has 0 saturated carbocycles. The number of aliphatic hydroxyl groups excluding tert-OH is 1. The predicted octanol–water partition coefficient (Wildman–Crippen LogP) is 7.08. The Labute approximate surface area is 273 Å². The van der Waals surface area contributed by atoms with Gasteiger partial charge in [-0.2, -0.15) is 4.31 Å². The Balaban J connectivity index is 1.60. The SMILES string of the molecule is Cc1cc(C)c(S(=O)(=O)N(Cc2ccccc2)[C@@H](C)[C@H](OC(=O)[C@H](C)[C@@H](O)CCOCc2ccccc2)c2ccccc2)c(C)c1. The van der Waals surface area contributed by atoms with E-state index >= 15 is 0 Å². The summed E-state index contributed by atoms with van der Waals surface area (Å²) in [7, 11) is -4.06. The lowest BCUT2D eigenvalue weighted by molar-refractivity contribution is -0.160. The fourth-order valence-electron chi connectivity index (χ4n) is 5.75. The first kappa shape index (κ1) is 35.0. The Morgan fingerprint density at radius 2 is 1.33 bits per heavy atom. The van der Waals surface area contributed by atoms with E-state index in [1.54, 1.807) is 27.7 Å². The average molecular weight is 644 g/mol. The first-order chi connectivity index (χ1) is 22.0. The molecule has 0 bridgehead atoms. The van der Waals surface area contributed by atoms with Crippen LogP contribution in [0.4, 0.5) is 0 Å². The number of nitrogens with zero attached hydrogens (tertiary/aromatic N) is 1. The summed E-state index contributed by atoms with van der Waals surface area (Å²) in [5.74, 6) is -1.48. The van der Waals surface area contributed by atoms with Crippen molar-refractivity contribution >= 4 is 16.0 Å². The van der Waals surface area contributed by atoms with Gasteiger partial charge >= 0.3 is 5.97 Å². The van der Waals surface area contributed by atoms with Gasteiger partial charge in [0.2, 0.25) is 10.0 Å². The maximum absolute atomic E-state index is 14.6. The van der Waals surface area contributed by atoms with Crippen LogP contribution < -0.4 is 0 Å². The van der Waals surface area contributed by atoms with Gasteiger partial charge in [0.15, 0.2) is 0 Å². The van der Waals surface area contributed by atoms with Crippen molar-refractivity contribution in [1.82, 2.24) is 4.31 Å². The standard InChI is InChI=1S/C38H45NO6S/c1-27-23-28(2)37(29(3)24-27)46(42,43)39(25-32-15-9-6-10-16-32)31(5)36(34-19-13-8-14-20-34)45-38(41)30(4)35(40)21-22-44-26-33-17-11-7-12-18-33/h6-20,23-24,30-31,35-36,40H,21-22,25-26H2,1-5H3/t30-,31+,35+,36+/m1/s1. The Morgan fingerprint density at radius 1 is 0.804 bits per heavy atom. The molecule has 0 aromatic heterocycles. The fraction of sp³-hybridized carbons (Fsp3) is 0.342. The van der Waals surface area contributed by atoms with E-state index in [-0.39, 0.29) is 24.5 Å². The van der Waals surface area contributed by atoms with Gasteiger partial charge < -0.3 is 14.6 Å². The number of aliphatic hydroxyl groups is 1. The number of aryl methyl sites for hydroxylation is 3. The lowest BCUT2D eigenvalue weighted by atomic mass is 10.0. The van der Waals surface area contributed by atoms with E-state index in [0.717, 1.165) is 16.7 Å². The van der Waals surface area contributed by atoms with Gasteiger partial charge in [-0.25, -0.2) is 8.42 Å². The average Bonchev–Trinajstić information content (AvgIpc) is 3.04. The quantitative estimate of drug-likeness (QED) is 0.110. The lowest BCUT2D eigenvalue weighted by Gasteiger charge is -2.35. The van der Waals surface area contributed by atoms with Crippen LogP contribution in [-0.4, -0.2) is 42.6 Å². The molecule has 7 nitrogen and oxygen atoms in total. The van der Waals surface area contributed by atoms with E-state index in [1.807, 2.05) is 110 Å². The zero-order valence-electron chi connectivity index (χ0n) is 27.3. The number of carbonyl (C=O) groups excluding carboxylic acids is 1. The summed E-state index contributed by atoms with van der Waals surface area (Å²) >= 11 is 0. The molecule has 0 heterocycles. The molecule has 0 amide bonds. The Hall–Kier alpha value is -3.82. The van der Waals surface area contributed by atoms with Crippen molar-refractivity contribution in [2.24, 2.45) is 5.92 Å². The van der Waals surface area contributed by atoms with Crippen molar-refractivity contribution in [1.29, 1.82) is 0 Å². The van der Waals surface area contributed by atoms with Crippen molar-refractivity contribution in [3.8, 4) is 0 Å². The Morgan fingerprint density at radius 3 is 1.89 bits per heavy atom. The molecule has 0 aliphatic rings. The molecule has 4 atom stereocenters. The highest BCUT2D eigenvalue weighted by Crippen LogP contribution is 2.34. The number of carbonyl (C=O) groups is 1. The summed E-state index contributed by atoms with van der Waals surface area (Å²) in [6, 6.07) is 31.2. The summed E-state index contributed by atoms with van der Waals surface area (Å²) in [6.07, 6.45) is -1.70. The predicted molar refractivity (Wildman–Crippen MR) is 180 cm³/mol. The second-order valence-electron chi connectivity index (χ2n) is 12.0. The maximum atomic E-state index is 14.6. The summed E-state index contributed by atoms with van der Waals surface area (Å²) in [5.41, 5.74) is 4.77. The summed E-state index contributed by atoms with van der Waals surface area (Å²) in [6.45, 7) is 9.69. The molecule has 0 aliphatic heterocycles. The van der Waals surface area contributed by atoms with E-state index in [4.69, 9.17) is 9.47 Å². The highest BCUT2D eigenvalue weighted by Gasteiger charge is 2.39. The minimum atomic E-state index is -4.06. The van der Waals surface area contributed by atoms with Crippen molar-refractivity contribution in [2.75, 3.05) is 6.61 Å². The highest BCUT2D eigenvalue weighted by molar-refractivity contribution is 7.89. The van der Waals surface area contributed by atoms with Gasteiger partial charge in [0.1, 0.15) is 6.10 Å². The van der Waals surface area contributed by atoms with E-state index < -0.39 is 40.2 Å². The van der Waals surface area contributed by atoms with Gasteiger partial charge in [0.05, 0.1) is 29.6 Å². The normalized spacial score (nSPS) is 14.4.